The third kappa shape index (κ3) is 13.9. The number of nitrogens with zero attached hydrogens (tertiary/aromatic N) is 1. The van der Waals surface area contributed by atoms with Gasteiger partial charge in [-0.2, -0.15) is 0 Å². The molecule has 348 valence electrons. The molecule has 0 radical (unpaired) electrons. The summed E-state index contributed by atoms with van der Waals surface area (Å²) in [6.07, 6.45) is 16.7. The van der Waals surface area contributed by atoms with Crippen molar-refractivity contribution in [2.75, 3.05) is 20.8 Å². The molecule has 2 N–H and O–H groups in total. The van der Waals surface area contributed by atoms with E-state index in [9.17, 15) is 34.2 Å². The van der Waals surface area contributed by atoms with Crippen LogP contribution in [0.15, 0.2) is 47.6 Å². The molecule has 4 rings (SSSR count). The number of piperidine rings is 1. The van der Waals surface area contributed by atoms with Crippen LogP contribution < -0.4 is 0 Å². The molecular weight excluding hydrogens is 791 g/mol. The Bertz CT molecular complexity index is 1670. The van der Waals surface area contributed by atoms with Crippen LogP contribution in [0.4, 0.5) is 0 Å². The number of methoxy groups -OCH3 is 2. The Balaban J connectivity index is 1.67. The van der Waals surface area contributed by atoms with Crippen molar-refractivity contribution in [2.24, 2.45) is 35.5 Å². The number of aliphatic hydroxyl groups is 2. The van der Waals surface area contributed by atoms with Crippen LogP contribution in [-0.2, 0) is 42.9 Å². The highest BCUT2D eigenvalue weighted by molar-refractivity contribution is 6.39. The van der Waals surface area contributed by atoms with Crippen molar-refractivity contribution in [3.8, 4) is 0 Å². The zero-order chi connectivity index (χ0) is 45.7. The monoisotopic (exact) mass is 868 g/mol. The fourth-order valence-corrected chi connectivity index (χ4v) is 9.83. The maximum atomic E-state index is 14.3. The number of rotatable bonds is 5. The third-order valence-electron chi connectivity index (χ3n) is 14.0. The van der Waals surface area contributed by atoms with Crippen molar-refractivity contribution in [1.29, 1.82) is 0 Å². The lowest BCUT2D eigenvalue weighted by Gasteiger charge is -2.42. The number of carbonyl (C=O) groups excluding carboxylic acids is 5. The summed E-state index contributed by atoms with van der Waals surface area (Å²) in [6, 6.07) is -1.08. The van der Waals surface area contributed by atoms with Crippen molar-refractivity contribution in [3.05, 3.63) is 47.6 Å². The predicted molar refractivity (Wildman–Crippen MR) is 238 cm³/mol. The summed E-state index contributed by atoms with van der Waals surface area (Å²) in [5.74, 6) is -7.13. The third-order valence-corrected chi connectivity index (χ3v) is 14.0. The highest BCUT2D eigenvalue weighted by atomic mass is 16.6. The van der Waals surface area contributed by atoms with Gasteiger partial charge in [0.15, 0.2) is 5.78 Å². The van der Waals surface area contributed by atoms with Gasteiger partial charge in [-0.25, -0.2) is 4.79 Å². The van der Waals surface area contributed by atoms with Crippen LogP contribution >= 0.6 is 0 Å². The highest BCUT2D eigenvalue weighted by Gasteiger charge is 2.52. The van der Waals surface area contributed by atoms with Crippen molar-refractivity contribution in [3.63, 3.8) is 0 Å². The molecule has 12 nitrogen and oxygen atoms in total. The number of esters is 1. The topological polar surface area (TPSA) is 166 Å². The second-order valence-electron chi connectivity index (χ2n) is 19.1. The number of Topliss-reactive ketones (excluding diaryl/α,β-unsaturated/α-hetero) is 3. The number of hydrogen-bond donors (Lipinski definition) is 2. The zero-order valence-corrected chi connectivity index (χ0v) is 39.0. The average Bonchev–Trinajstić information content (AvgIpc) is 3.25. The molecule has 0 aromatic carbocycles. The first-order chi connectivity index (χ1) is 29.4. The van der Waals surface area contributed by atoms with Gasteiger partial charge in [0.05, 0.1) is 12.2 Å². The van der Waals surface area contributed by atoms with Crippen LogP contribution in [-0.4, -0.2) is 107 Å². The van der Waals surface area contributed by atoms with E-state index < -0.39 is 71.7 Å². The van der Waals surface area contributed by atoms with Crippen molar-refractivity contribution >= 4 is 29.2 Å². The maximum Gasteiger partial charge on any atom is 0.329 e. The van der Waals surface area contributed by atoms with Crippen molar-refractivity contribution in [2.45, 2.75) is 181 Å². The van der Waals surface area contributed by atoms with Crippen LogP contribution in [0.5, 0.6) is 0 Å². The molecule has 2 unspecified atom stereocenters. The summed E-state index contributed by atoms with van der Waals surface area (Å²) in [7, 11) is 3.12. The molecule has 13 atom stereocenters. The fourth-order valence-electron chi connectivity index (χ4n) is 9.83. The molecule has 1 aliphatic carbocycles. The Morgan fingerprint density at radius 1 is 0.887 bits per heavy atom. The molecule has 2 bridgehead atoms. The summed E-state index contributed by atoms with van der Waals surface area (Å²) in [6.45, 7) is 13.1. The molecule has 3 heterocycles. The number of aliphatic hydroxyl groups excluding tert-OH is 1. The zero-order valence-electron chi connectivity index (χ0n) is 39.0. The lowest BCUT2D eigenvalue weighted by atomic mass is 9.79. The van der Waals surface area contributed by atoms with Gasteiger partial charge in [-0.15, -0.1) is 0 Å². The quantitative estimate of drug-likeness (QED) is 0.159. The number of allylic oxidation sites excluding steroid dienone is 7. The number of cyclic esters (lactones) is 1. The summed E-state index contributed by atoms with van der Waals surface area (Å²) < 4.78 is 23.7. The highest BCUT2D eigenvalue weighted by Crippen LogP contribution is 2.37. The van der Waals surface area contributed by atoms with E-state index in [4.69, 9.17) is 18.9 Å². The van der Waals surface area contributed by atoms with E-state index >= 15 is 0 Å². The predicted octanol–water partition coefficient (Wildman–Crippen LogP) is 7.58. The molecule has 12 heteroatoms. The Labute approximate surface area is 370 Å². The first kappa shape index (κ1) is 51.3. The van der Waals surface area contributed by atoms with Crippen LogP contribution in [0.1, 0.15) is 138 Å². The minimum absolute atomic E-state index is 0.0625. The normalized spacial score (nSPS) is 39.4. The molecular formula is C50H77NO11. The average molecular weight is 868 g/mol. The molecule has 3 aliphatic heterocycles. The van der Waals surface area contributed by atoms with Crippen LogP contribution in [0, 0.1) is 35.5 Å². The summed E-state index contributed by atoms with van der Waals surface area (Å²) >= 11 is 0. The van der Waals surface area contributed by atoms with E-state index in [0.717, 1.165) is 31.3 Å². The Kier molecular flexibility index (Phi) is 20.0. The molecule has 0 aromatic rings. The van der Waals surface area contributed by atoms with E-state index in [0.29, 0.717) is 62.9 Å². The van der Waals surface area contributed by atoms with E-state index in [1.54, 1.807) is 34.0 Å². The summed E-state index contributed by atoms with van der Waals surface area (Å²) in [4.78, 5) is 71.4. The standard InChI is InChI=1S/C50H77NO11/c1-31-16-11-10-12-17-32(2)26-35(5)44(53)46(60-9)45(54)36(6)27-33(3)42(52)30-43(34(4)28-38-18-15-19-40(29-38)59-8)61-49(57)41-20-13-14-25-51(41)48(56)47(55)50(58)37(7)22-24-39(62-50)23-21-31/h10-12,16-17,27,32-35,37-41,43,45-46,54,58H,13-15,18-26,28-30H2,1-9H3/b11-10+,17-12+,31-16+,36-27+/t32-,33-,34-,35-,37-,38?,39-,40+,41?,43+,45-,46+,50-/m1/s1. The van der Waals surface area contributed by atoms with Gasteiger partial charge in [0.2, 0.25) is 5.79 Å². The minimum atomic E-state index is -2.34. The van der Waals surface area contributed by atoms with Gasteiger partial charge in [0.25, 0.3) is 11.7 Å². The molecule has 0 spiro atoms. The first-order valence-corrected chi connectivity index (χ1v) is 23.3. The van der Waals surface area contributed by atoms with Gasteiger partial charge in [0.1, 0.15) is 30.1 Å². The Morgan fingerprint density at radius 3 is 2.34 bits per heavy atom. The van der Waals surface area contributed by atoms with Gasteiger partial charge in [-0.1, -0.05) is 89.5 Å². The summed E-state index contributed by atoms with van der Waals surface area (Å²) in [5, 5.41) is 23.2. The van der Waals surface area contributed by atoms with E-state index in [-0.39, 0.29) is 48.9 Å². The lowest BCUT2D eigenvalue weighted by molar-refractivity contribution is -0.263. The number of ether oxygens (including phenoxy) is 4. The second kappa shape index (κ2) is 24.1. The molecule has 0 aromatic heterocycles. The molecule has 2 saturated heterocycles. The number of fused-ring (bicyclic) bond motifs is 3. The fraction of sp³-hybridized carbons (Fsp3) is 0.740. The number of ketones is 3. The van der Waals surface area contributed by atoms with Gasteiger partial charge >= 0.3 is 5.97 Å². The van der Waals surface area contributed by atoms with Crippen molar-refractivity contribution in [1.82, 2.24) is 4.90 Å². The Morgan fingerprint density at radius 2 is 1.63 bits per heavy atom. The molecule has 62 heavy (non-hydrogen) atoms. The van der Waals surface area contributed by atoms with Crippen LogP contribution in [0.2, 0.25) is 0 Å². The van der Waals surface area contributed by atoms with Gasteiger partial charge in [-0.3, -0.25) is 19.2 Å². The smallest absolute Gasteiger partial charge is 0.329 e. The van der Waals surface area contributed by atoms with E-state index in [1.807, 2.05) is 58.1 Å². The van der Waals surface area contributed by atoms with E-state index in [1.165, 1.54) is 12.0 Å². The number of amides is 1. The molecule has 1 amide bonds. The second-order valence-corrected chi connectivity index (χ2v) is 19.1. The largest absolute Gasteiger partial charge is 0.460 e. The molecule has 3 fully saturated rings. The van der Waals surface area contributed by atoms with Crippen LogP contribution in [0.3, 0.4) is 0 Å². The Hall–Kier alpha value is -3.29. The van der Waals surface area contributed by atoms with Gasteiger partial charge < -0.3 is 34.1 Å². The summed E-state index contributed by atoms with van der Waals surface area (Å²) in [5.41, 5.74) is 1.49. The minimum Gasteiger partial charge on any atom is -0.460 e. The molecule has 4 aliphatic rings. The SMILES string of the molecule is CO[C@H]1CCCC(C[C@@H](C)[C@@H]2CC(=O)[C@H](C)/C=C(\C)[C@@H](O)[C@@H](OC)C(=O)[C@H](C)C[C@H](C)/C=C/C=C/C=C(\C)CC[C@@H]3CC[C@@H](C)[C@@](O)(O3)C(=O)C(=O)N3CCCCC3C(=O)O2)C1. The van der Waals surface area contributed by atoms with E-state index in [2.05, 4.69) is 0 Å². The van der Waals surface area contributed by atoms with Gasteiger partial charge in [0, 0.05) is 44.9 Å². The van der Waals surface area contributed by atoms with Crippen LogP contribution in [0.25, 0.3) is 0 Å². The van der Waals surface area contributed by atoms with Gasteiger partial charge in [-0.05, 0) is 108 Å². The van der Waals surface area contributed by atoms with Crippen molar-refractivity contribution < 1.29 is 53.1 Å². The lowest BCUT2D eigenvalue weighted by Crippen LogP contribution is -2.60. The first-order valence-electron chi connectivity index (χ1n) is 23.3. The maximum absolute atomic E-state index is 14.3. The molecule has 1 saturated carbocycles. The number of carbonyl (C=O) groups is 5. The number of hydrogen-bond acceptors (Lipinski definition) is 11.